The van der Waals surface area contributed by atoms with Crippen LogP contribution >= 0.6 is 0 Å². The summed E-state index contributed by atoms with van der Waals surface area (Å²) in [5.74, 6) is -0.0874. The lowest BCUT2D eigenvalue weighted by Gasteiger charge is -2.34. The van der Waals surface area contributed by atoms with Gasteiger partial charge in [-0.05, 0) is 25.0 Å². The molecule has 0 radical (unpaired) electrons. The van der Waals surface area contributed by atoms with E-state index in [-0.39, 0.29) is 31.6 Å². The Bertz CT molecular complexity index is 815. The number of piperazine rings is 1. The van der Waals surface area contributed by atoms with Crippen molar-refractivity contribution >= 4 is 15.9 Å². The fraction of sp³-hybridized carbons (Fsp3) is 0.632. The number of rotatable bonds is 5. The van der Waals surface area contributed by atoms with Gasteiger partial charge in [-0.3, -0.25) is 9.69 Å². The molecule has 1 amide bonds. The Kier molecular flexibility index (Phi) is 6.85. The average Bonchev–Trinajstić information content (AvgIpc) is 2.68. The molecule has 0 atom stereocenters. The number of halogens is 3. The Morgan fingerprint density at radius 2 is 1.66 bits per heavy atom. The summed E-state index contributed by atoms with van der Waals surface area (Å²) in [6.45, 7) is 0.858. The van der Waals surface area contributed by atoms with Crippen molar-refractivity contribution in [2.75, 3.05) is 32.7 Å². The number of hydrogen-bond donors (Lipinski definition) is 1. The Hall–Kier alpha value is -1.65. The molecule has 1 aliphatic heterocycles. The lowest BCUT2D eigenvalue weighted by atomic mass is 9.95. The van der Waals surface area contributed by atoms with Crippen LogP contribution in [0.15, 0.2) is 29.2 Å². The highest BCUT2D eigenvalue weighted by molar-refractivity contribution is 7.89. The van der Waals surface area contributed by atoms with Crippen molar-refractivity contribution in [3.05, 3.63) is 29.8 Å². The van der Waals surface area contributed by atoms with Gasteiger partial charge in [0.25, 0.3) is 0 Å². The topological polar surface area (TPSA) is 69.7 Å². The van der Waals surface area contributed by atoms with Crippen LogP contribution in [0.1, 0.15) is 37.7 Å². The number of benzene rings is 1. The van der Waals surface area contributed by atoms with Gasteiger partial charge in [0.1, 0.15) is 0 Å². The van der Waals surface area contributed by atoms with Crippen LogP contribution in [0.2, 0.25) is 0 Å². The van der Waals surface area contributed by atoms with Gasteiger partial charge < -0.3 is 5.32 Å². The SMILES string of the molecule is O=C(CN1CCN(S(=O)(=O)c2ccccc2C(F)(F)F)CC1)NC1CCCCC1. The lowest BCUT2D eigenvalue weighted by molar-refractivity contribution is -0.140. The van der Waals surface area contributed by atoms with E-state index in [4.69, 9.17) is 0 Å². The van der Waals surface area contributed by atoms with Gasteiger partial charge in [0, 0.05) is 32.2 Å². The van der Waals surface area contributed by atoms with Gasteiger partial charge in [-0.2, -0.15) is 17.5 Å². The van der Waals surface area contributed by atoms with Gasteiger partial charge in [0.2, 0.25) is 15.9 Å². The zero-order valence-electron chi connectivity index (χ0n) is 16.1. The van der Waals surface area contributed by atoms with Gasteiger partial charge in [0.05, 0.1) is 17.0 Å². The zero-order chi connectivity index (χ0) is 21.1. The molecule has 1 aromatic carbocycles. The van der Waals surface area contributed by atoms with Crippen molar-refractivity contribution in [2.45, 2.75) is 49.2 Å². The number of hydrogen-bond acceptors (Lipinski definition) is 4. The standard InChI is InChI=1S/C19H26F3N3O3S/c20-19(21,22)16-8-4-5-9-17(16)29(27,28)25-12-10-24(11-13-25)14-18(26)23-15-6-2-1-3-7-15/h4-5,8-9,15H,1-3,6-7,10-14H2,(H,23,26). The molecule has 0 spiro atoms. The molecule has 1 heterocycles. The third kappa shape index (κ3) is 5.49. The Balaban J connectivity index is 1.58. The lowest BCUT2D eigenvalue weighted by Crippen LogP contribution is -2.52. The minimum atomic E-state index is -4.75. The van der Waals surface area contributed by atoms with E-state index >= 15 is 0 Å². The minimum absolute atomic E-state index is 0.0469. The molecule has 2 aliphatic rings. The number of carbonyl (C=O) groups is 1. The average molecular weight is 433 g/mol. The summed E-state index contributed by atoms with van der Waals surface area (Å²) in [7, 11) is -4.26. The summed E-state index contributed by atoms with van der Waals surface area (Å²) in [5.41, 5.74) is -1.16. The van der Waals surface area contributed by atoms with Gasteiger partial charge in [0.15, 0.2) is 0 Å². The Morgan fingerprint density at radius 1 is 1.03 bits per heavy atom. The second-order valence-electron chi connectivity index (χ2n) is 7.58. The Labute approximate surface area is 169 Å². The fourth-order valence-electron chi connectivity index (χ4n) is 3.92. The van der Waals surface area contributed by atoms with Gasteiger partial charge >= 0.3 is 6.18 Å². The van der Waals surface area contributed by atoms with Crippen LogP contribution in [0.5, 0.6) is 0 Å². The van der Waals surface area contributed by atoms with E-state index in [1.807, 2.05) is 4.90 Å². The van der Waals surface area contributed by atoms with Crippen LogP contribution in [-0.4, -0.2) is 62.3 Å². The number of carbonyl (C=O) groups excluding carboxylic acids is 1. The van der Waals surface area contributed by atoms with E-state index in [1.54, 1.807) is 0 Å². The van der Waals surface area contributed by atoms with Crippen LogP contribution in [-0.2, 0) is 21.0 Å². The van der Waals surface area contributed by atoms with E-state index in [0.29, 0.717) is 13.1 Å². The molecule has 1 saturated carbocycles. The molecule has 1 aliphatic carbocycles. The molecule has 162 valence electrons. The van der Waals surface area contributed by atoms with Crippen molar-refractivity contribution < 1.29 is 26.4 Å². The maximum absolute atomic E-state index is 13.2. The second kappa shape index (κ2) is 9.01. The van der Waals surface area contributed by atoms with Gasteiger partial charge in [-0.25, -0.2) is 8.42 Å². The van der Waals surface area contributed by atoms with Crippen LogP contribution in [0.3, 0.4) is 0 Å². The molecule has 1 saturated heterocycles. The largest absolute Gasteiger partial charge is 0.417 e. The number of alkyl halides is 3. The van der Waals surface area contributed by atoms with Crippen molar-refractivity contribution in [3.63, 3.8) is 0 Å². The van der Waals surface area contributed by atoms with Gasteiger partial charge in [-0.1, -0.05) is 31.4 Å². The number of amides is 1. The zero-order valence-corrected chi connectivity index (χ0v) is 16.9. The van der Waals surface area contributed by atoms with Crippen LogP contribution in [0.4, 0.5) is 13.2 Å². The first-order valence-electron chi connectivity index (χ1n) is 9.86. The molecule has 0 aromatic heterocycles. The van der Waals surface area contributed by atoms with Crippen molar-refractivity contribution in [1.29, 1.82) is 0 Å². The first-order chi connectivity index (χ1) is 13.7. The van der Waals surface area contributed by atoms with E-state index < -0.39 is 26.7 Å². The third-order valence-corrected chi connectivity index (χ3v) is 7.44. The summed E-state index contributed by atoms with van der Waals surface area (Å²) in [5, 5.41) is 3.02. The summed E-state index contributed by atoms with van der Waals surface area (Å²) < 4.78 is 66.2. The van der Waals surface area contributed by atoms with Crippen molar-refractivity contribution in [2.24, 2.45) is 0 Å². The normalized spacial score (nSPS) is 20.5. The third-order valence-electron chi connectivity index (χ3n) is 5.48. The maximum atomic E-state index is 13.2. The monoisotopic (exact) mass is 433 g/mol. The van der Waals surface area contributed by atoms with Crippen molar-refractivity contribution in [1.82, 2.24) is 14.5 Å². The molecule has 1 aromatic rings. The van der Waals surface area contributed by atoms with E-state index in [1.165, 1.54) is 18.6 Å². The smallest absolute Gasteiger partial charge is 0.352 e. The van der Waals surface area contributed by atoms with Crippen LogP contribution in [0, 0.1) is 0 Å². The highest BCUT2D eigenvalue weighted by Crippen LogP contribution is 2.35. The number of nitrogens with one attached hydrogen (secondary N) is 1. The summed E-state index contributed by atoms with van der Waals surface area (Å²) >= 11 is 0. The first-order valence-corrected chi connectivity index (χ1v) is 11.3. The molecule has 1 N–H and O–H groups in total. The van der Waals surface area contributed by atoms with E-state index in [2.05, 4.69) is 5.32 Å². The molecule has 2 fully saturated rings. The number of nitrogens with zero attached hydrogens (tertiary/aromatic N) is 2. The molecular weight excluding hydrogens is 407 g/mol. The van der Waals surface area contributed by atoms with E-state index in [0.717, 1.165) is 42.1 Å². The van der Waals surface area contributed by atoms with Crippen molar-refractivity contribution in [3.8, 4) is 0 Å². The fourth-order valence-corrected chi connectivity index (χ4v) is 5.55. The molecule has 6 nitrogen and oxygen atoms in total. The Morgan fingerprint density at radius 3 is 2.28 bits per heavy atom. The highest BCUT2D eigenvalue weighted by Gasteiger charge is 2.39. The number of sulfonamides is 1. The summed E-state index contributed by atoms with van der Waals surface area (Å²) in [4.78, 5) is 13.3. The van der Waals surface area contributed by atoms with Crippen LogP contribution < -0.4 is 5.32 Å². The molecular formula is C19H26F3N3O3S. The predicted molar refractivity (Wildman–Crippen MR) is 102 cm³/mol. The predicted octanol–water partition coefficient (Wildman–Crippen LogP) is 2.46. The highest BCUT2D eigenvalue weighted by atomic mass is 32.2. The molecule has 0 unspecified atom stereocenters. The van der Waals surface area contributed by atoms with Gasteiger partial charge in [-0.15, -0.1) is 0 Å². The second-order valence-corrected chi connectivity index (χ2v) is 9.48. The van der Waals surface area contributed by atoms with Crippen LogP contribution in [0.25, 0.3) is 0 Å². The molecule has 10 heteroatoms. The quantitative estimate of drug-likeness (QED) is 0.775. The van der Waals surface area contributed by atoms with E-state index in [9.17, 15) is 26.4 Å². The first kappa shape index (κ1) is 22.0. The summed E-state index contributed by atoms with van der Waals surface area (Å²) in [6.07, 6.45) is 0.636. The molecule has 0 bridgehead atoms. The maximum Gasteiger partial charge on any atom is 0.417 e. The molecule has 3 rings (SSSR count). The molecule has 29 heavy (non-hydrogen) atoms. The minimum Gasteiger partial charge on any atom is -0.352 e. The summed E-state index contributed by atoms with van der Waals surface area (Å²) in [6, 6.07) is 4.43.